The van der Waals surface area contributed by atoms with Crippen molar-refractivity contribution in [1.82, 2.24) is 0 Å². The molecule has 0 aliphatic heterocycles. The molecule has 19 heavy (non-hydrogen) atoms. The van der Waals surface area contributed by atoms with Gasteiger partial charge in [0, 0.05) is 17.0 Å². The second-order valence-corrected chi connectivity index (χ2v) is 5.23. The SMILES string of the molecule is Cc1cccc(C(O)Cc2ccc(F)cc2F)c1Br. The average Bonchev–Trinajstić information content (AvgIpc) is 2.36. The smallest absolute Gasteiger partial charge is 0.129 e. The zero-order valence-corrected chi connectivity index (χ0v) is 11.9. The Morgan fingerprint density at radius 3 is 2.63 bits per heavy atom. The first-order valence-electron chi connectivity index (χ1n) is 5.86. The lowest BCUT2D eigenvalue weighted by atomic mass is 9.99. The summed E-state index contributed by atoms with van der Waals surface area (Å²) < 4.78 is 27.2. The molecule has 0 aromatic heterocycles. The quantitative estimate of drug-likeness (QED) is 0.891. The van der Waals surface area contributed by atoms with Gasteiger partial charge in [0.1, 0.15) is 11.6 Å². The molecule has 0 bridgehead atoms. The van der Waals surface area contributed by atoms with Crippen molar-refractivity contribution in [3.8, 4) is 0 Å². The van der Waals surface area contributed by atoms with E-state index in [-0.39, 0.29) is 6.42 Å². The van der Waals surface area contributed by atoms with E-state index in [9.17, 15) is 13.9 Å². The molecule has 1 unspecified atom stereocenters. The molecule has 1 atom stereocenters. The highest BCUT2D eigenvalue weighted by molar-refractivity contribution is 9.10. The van der Waals surface area contributed by atoms with Gasteiger partial charge in [-0.3, -0.25) is 0 Å². The molecule has 2 aromatic carbocycles. The van der Waals surface area contributed by atoms with E-state index >= 15 is 0 Å². The number of aryl methyl sites for hydroxylation is 1. The summed E-state index contributed by atoms with van der Waals surface area (Å²) in [4.78, 5) is 0. The fourth-order valence-corrected chi connectivity index (χ4v) is 2.46. The minimum Gasteiger partial charge on any atom is -0.388 e. The molecular weight excluding hydrogens is 314 g/mol. The molecule has 0 aliphatic carbocycles. The number of rotatable bonds is 3. The maximum atomic E-state index is 13.5. The Balaban J connectivity index is 2.25. The number of halogens is 3. The molecule has 1 N–H and O–H groups in total. The van der Waals surface area contributed by atoms with Crippen LogP contribution in [-0.4, -0.2) is 5.11 Å². The van der Waals surface area contributed by atoms with Crippen molar-refractivity contribution in [3.63, 3.8) is 0 Å². The van der Waals surface area contributed by atoms with Crippen LogP contribution in [0.5, 0.6) is 0 Å². The summed E-state index contributed by atoms with van der Waals surface area (Å²) in [5, 5.41) is 10.2. The lowest BCUT2D eigenvalue weighted by Crippen LogP contribution is -2.05. The Morgan fingerprint density at radius 2 is 1.95 bits per heavy atom. The normalized spacial score (nSPS) is 12.5. The van der Waals surface area contributed by atoms with Crippen molar-refractivity contribution >= 4 is 15.9 Å². The fourth-order valence-electron chi connectivity index (χ4n) is 1.93. The van der Waals surface area contributed by atoms with E-state index in [2.05, 4.69) is 15.9 Å². The van der Waals surface area contributed by atoms with Crippen molar-refractivity contribution in [1.29, 1.82) is 0 Å². The van der Waals surface area contributed by atoms with Crippen molar-refractivity contribution in [2.75, 3.05) is 0 Å². The minimum atomic E-state index is -0.839. The summed E-state index contributed by atoms with van der Waals surface area (Å²) in [6.07, 6.45) is -0.733. The third kappa shape index (κ3) is 3.19. The number of aliphatic hydroxyl groups is 1. The van der Waals surface area contributed by atoms with Gasteiger partial charge in [0.2, 0.25) is 0 Å². The largest absolute Gasteiger partial charge is 0.388 e. The highest BCUT2D eigenvalue weighted by Crippen LogP contribution is 2.29. The first-order chi connectivity index (χ1) is 8.99. The monoisotopic (exact) mass is 326 g/mol. The maximum Gasteiger partial charge on any atom is 0.129 e. The summed E-state index contributed by atoms with van der Waals surface area (Å²) in [5.74, 6) is -1.25. The molecule has 1 nitrogen and oxygen atoms in total. The first kappa shape index (κ1) is 14.2. The highest BCUT2D eigenvalue weighted by atomic mass is 79.9. The van der Waals surface area contributed by atoms with E-state index in [1.807, 2.05) is 19.1 Å². The average molecular weight is 327 g/mol. The zero-order valence-electron chi connectivity index (χ0n) is 10.3. The molecular formula is C15H13BrF2O. The molecule has 4 heteroatoms. The second kappa shape index (κ2) is 5.80. The molecule has 0 heterocycles. The van der Waals surface area contributed by atoms with Crippen LogP contribution in [-0.2, 0) is 6.42 Å². The Bertz CT molecular complexity index is 599. The summed E-state index contributed by atoms with van der Waals surface area (Å²) in [7, 11) is 0. The molecule has 0 aliphatic rings. The van der Waals surface area contributed by atoms with Crippen LogP contribution >= 0.6 is 15.9 Å². The van der Waals surface area contributed by atoms with Crippen LogP contribution in [0.3, 0.4) is 0 Å². The minimum absolute atomic E-state index is 0.105. The van der Waals surface area contributed by atoms with E-state index in [4.69, 9.17) is 0 Å². The van der Waals surface area contributed by atoms with Gasteiger partial charge in [-0.2, -0.15) is 0 Å². The van der Waals surface area contributed by atoms with Crippen LogP contribution in [0.25, 0.3) is 0 Å². The van der Waals surface area contributed by atoms with E-state index in [0.717, 1.165) is 16.1 Å². The van der Waals surface area contributed by atoms with Gasteiger partial charge in [-0.15, -0.1) is 0 Å². The van der Waals surface area contributed by atoms with Gasteiger partial charge < -0.3 is 5.11 Å². The third-order valence-electron chi connectivity index (χ3n) is 3.01. The molecule has 0 radical (unpaired) electrons. The number of benzene rings is 2. The van der Waals surface area contributed by atoms with Crippen molar-refractivity contribution < 1.29 is 13.9 Å². The Labute approximate surface area is 119 Å². The van der Waals surface area contributed by atoms with Crippen LogP contribution in [0.15, 0.2) is 40.9 Å². The molecule has 0 spiro atoms. The second-order valence-electron chi connectivity index (χ2n) is 4.43. The van der Waals surface area contributed by atoms with Gasteiger partial charge in [-0.1, -0.05) is 40.2 Å². The number of aliphatic hydroxyl groups excluding tert-OH is 1. The van der Waals surface area contributed by atoms with E-state index < -0.39 is 17.7 Å². The molecule has 0 fully saturated rings. The maximum absolute atomic E-state index is 13.5. The third-order valence-corrected chi connectivity index (χ3v) is 4.09. The van der Waals surface area contributed by atoms with Crippen LogP contribution in [0.1, 0.15) is 22.8 Å². The van der Waals surface area contributed by atoms with Crippen LogP contribution in [0.4, 0.5) is 8.78 Å². The van der Waals surface area contributed by atoms with Crippen LogP contribution < -0.4 is 0 Å². The Morgan fingerprint density at radius 1 is 1.21 bits per heavy atom. The summed E-state index contributed by atoms with van der Waals surface area (Å²) in [6.45, 7) is 1.92. The first-order valence-corrected chi connectivity index (χ1v) is 6.65. The van der Waals surface area contributed by atoms with Gasteiger partial charge in [-0.25, -0.2) is 8.78 Å². The predicted octanol–water partition coefficient (Wildman–Crippen LogP) is 4.31. The lowest BCUT2D eigenvalue weighted by Gasteiger charge is -2.14. The van der Waals surface area contributed by atoms with E-state index in [1.165, 1.54) is 12.1 Å². The van der Waals surface area contributed by atoms with E-state index in [0.29, 0.717) is 11.1 Å². The highest BCUT2D eigenvalue weighted by Gasteiger charge is 2.15. The fraction of sp³-hybridized carbons (Fsp3) is 0.200. The van der Waals surface area contributed by atoms with Gasteiger partial charge in [0.25, 0.3) is 0 Å². The zero-order chi connectivity index (χ0) is 14.0. The molecule has 0 saturated heterocycles. The summed E-state index contributed by atoms with van der Waals surface area (Å²) in [6, 6.07) is 8.91. The molecule has 100 valence electrons. The molecule has 2 aromatic rings. The van der Waals surface area contributed by atoms with Crippen molar-refractivity contribution in [2.45, 2.75) is 19.4 Å². The molecule has 0 amide bonds. The van der Waals surface area contributed by atoms with Crippen molar-refractivity contribution in [3.05, 3.63) is 69.2 Å². The van der Waals surface area contributed by atoms with Gasteiger partial charge >= 0.3 is 0 Å². The van der Waals surface area contributed by atoms with Gasteiger partial charge in [0.15, 0.2) is 0 Å². The Kier molecular flexibility index (Phi) is 4.32. The molecule has 0 saturated carbocycles. The number of hydrogen-bond acceptors (Lipinski definition) is 1. The summed E-state index contributed by atoms with van der Waals surface area (Å²) in [5.41, 5.74) is 1.99. The van der Waals surface area contributed by atoms with Crippen LogP contribution in [0, 0.1) is 18.6 Å². The topological polar surface area (TPSA) is 20.2 Å². The summed E-state index contributed by atoms with van der Waals surface area (Å²) >= 11 is 3.41. The van der Waals surface area contributed by atoms with Crippen molar-refractivity contribution in [2.24, 2.45) is 0 Å². The molecule has 2 rings (SSSR count). The lowest BCUT2D eigenvalue weighted by molar-refractivity contribution is 0.176. The predicted molar refractivity (Wildman–Crippen MR) is 73.9 cm³/mol. The van der Waals surface area contributed by atoms with Gasteiger partial charge in [-0.05, 0) is 29.7 Å². The number of hydrogen-bond donors (Lipinski definition) is 1. The Hall–Kier alpha value is -1.26. The van der Waals surface area contributed by atoms with Crippen LogP contribution in [0.2, 0.25) is 0 Å². The van der Waals surface area contributed by atoms with Gasteiger partial charge in [0.05, 0.1) is 6.10 Å². The standard InChI is InChI=1S/C15H13BrF2O/c1-9-3-2-4-12(15(9)16)14(19)7-10-5-6-11(17)8-13(10)18/h2-6,8,14,19H,7H2,1H3. The van der Waals surface area contributed by atoms with E-state index in [1.54, 1.807) is 6.07 Å².